The zero-order valence-electron chi connectivity index (χ0n) is 10.6. The first-order valence-electron chi connectivity index (χ1n) is 5.83. The fourth-order valence-electron chi connectivity index (χ4n) is 2.61. The zero-order chi connectivity index (χ0) is 14.2. The molecule has 0 saturated heterocycles. The maximum atomic E-state index is 14.3. The molecule has 1 aromatic rings. The lowest BCUT2D eigenvalue weighted by Crippen LogP contribution is -2.44. The molecule has 2 rings (SSSR count). The number of halogens is 4. The second kappa shape index (κ2) is 4.94. The highest BCUT2D eigenvalue weighted by Crippen LogP contribution is 2.48. The van der Waals surface area contributed by atoms with E-state index in [1.165, 1.54) is 6.07 Å². The van der Waals surface area contributed by atoms with E-state index in [2.05, 4.69) is 10.6 Å². The van der Waals surface area contributed by atoms with E-state index in [4.69, 9.17) is 0 Å². The number of hydrogen-bond donors (Lipinski definition) is 2. The van der Waals surface area contributed by atoms with Crippen molar-refractivity contribution in [2.45, 2.75) is 5.41 Å². The van der Waals surface area contributed by atoms with Crippen molar-refractivity contribution >= 4 is 5.83 Å². The van der Waals surface area contributed by atoms with Crippen LogP contribution in [-0.4, -0.2) is 27.2 Å². The summed E-state index contributed by atoms with van der Waals surface area (Å²) in [5, 5.41) is 5.53. The molecule has 0 bridgehead atoms. The molecular weight excluding hydrogens is 260 g/mol. The Morgan fingerprint density at radius 1 is 1.00 bits per heavy atom. The molecule has 0 radical (unpaired) electrons. The number of rotatable bonds is 4. The van der Waals surface area contributed by atoms with Crippen LogP contribution in [0.25, 0.3) is 5.83 Å². The van der Waals surface area contributed by atoms with Crippen molar-refractivity contribution in [3.63, 3.8) is 0 Å². The van der Waals surface area contributed by atoms with Gasteiger partial charge >= 0.3 is 0 Å². The summed E-state index contributed by atoms with van der Waals surface area (Å²) in [6.45, 7) is 0.149. The van der Waals surface area contributed by atoms with Crippen molar-refractivity contribution in [3.8, 4) is 0 Å². The minimum Gasteiger partial charge on any atom is -0.318 e. The van der Waals surface area contributed by atoms with Crippen LogP contribution in [0.3, 0.4) is 0 Å². The second-order valence-electron chi connectivity index (χ2n) is 4.55. The molecule has 0 fully saturated rings. The maximum absolute atomic E-state index is 14.3. The fraction of sp³-hybridized carbons (Fsp3) is 0.385. The lowest BCUT2D eigenvalue weighted by atomic mass is 9.81. The van der Waals surface area contributed by atoms with Crippen molar-refractivity contribution < 1.29 is 17.6 Å². The molecular formula is C13H14F4N2. The van der Waals surface area contributed by atoms with E-state index in [1.54, 1.807) is 14.1 Å². The van der Waals surface area contributed by atoms with Gasteiger partial charge in [0.15, 0.2) is 17.5 Å². The van der Waals surface area contributed by atoms with Crippen LogP contribution in [0.4, 0.5) is 17.6 Å². The van der Waals surface area contributed by atoms with Crippen molar-refractivity contribution in [2.24, 2.45) is 0 Å². The number of fused-ring (bicyclic) bond motifs is 1. The SMILES string of the molecule is CNCC1(CNC)C(F)=C(F)c2c1ccc(F)c2F. The van der Waals surface area contributed by atoms with Gasteiger partial charge in [0.1, 0.15) is 5.83 Å². The summed E-state index contributed by atoms with van der Waals surface area (Å²) in [5.74, 6) is -4.93. The van der Waals surface area contributed by atoms with E-state index in [0.717, 1.165) is 6.07 Å². The van der Waals surface area contributed by atoms with E-state index in [1.807, 2.05) is 0 Å². The summed E-state index contributed by atoms with van der Waals surface area (Å²) in [7, 11) is 3.17. The van der Waals surface area contributed by atoms with E-state index in [-0.39, 0.29) is 18.7 Å². The predicted molar refractivity (Wildman–Crippen MR) is 65.0 cm³/mol. The number of likely N-dealkylation sites (N-methyl/N-ethyl adjacent to an activating group) is 2. The first kappa shape index (κ1) is 14.0. The van der Waals surface area contributed by atoms with Gasteiger partial charge in [-0.3, -0.25) is 0 Å². The Morgan fingerprint density at radius 3 is 2.11 bits per heavy atom. The van der Waals surface area contributed by atoms with Gasteiger partial charge in [-0.15, -0.1) is 0 Å². The standard InChI is InChI=1S/C13H14F4N2/c1-18-5-13(6-19-2)7-3-4-8(14)10(15)9(7)11(16)12(13)17/h3-4,18-19H,5-6H2,1-2H3. The Hall–Kier alpha value is -1.40. The molecule has 2 N–H and O–H groups in total. The molecule has 2 nitrogen and oxygen atoms in total. The Labute approximate surface area is 108 Å². The van der Waals surface area contributed by atoms with E-state index in [9.17, 15) is 17.6 Å². The summed E-state index contributed by atoms with van der Waals surface area (Å²) in [5.41, 5.74) is -1.84. The van der Waals surface area contributed by atoms with Gasteiger partial charge in [0.05, 0.1) is 11.0 Å². The van der Waals surface area contributed by atoms with Crippen molar-refractivity contribution in [1.82, 2.24) is 10.6 Å². The van der Waals surface area contributed by atoms with Crippen LogP contribution >= 0.6 is 0 Å². The van der Waals surface area contributed by atoms with Crippen molar-refractivity contribution in [3.05, 3.63) is 40.7 Å². The van der Waals surface area contributed by atoms with Crippen LogP contribution in [0.2, 0.25) is 0 Å². The molecule has 0 aliphatic heterocycles. The second-order valence-corrected chi connectivity index (χ2v) is 4.55. The largest absolute Gasteiger partial charge is 0.318 e. The van der Waals surface area contributed by atoms with E-state index < -0.39 is 34.3 Å². The first-order chi connectivity index (χ1) is 8.99. The Balaban J connectivity index is 2.71. The topological polar surface area (TPSA) is 24.1 Å². The van der Waals surface area contributed by atoms with Crippen LogP contribution in [-0.2, 0) is 5.41 Å². The fourth-order valence-corrected chi connectivity index (χ4v) is 2.61. The lowest BCUT2D eigenvalue weighted by Gasteiger charge is -2.29. The molecule has 0 spiro atoms. The summed E-state index contributed by atoms with van der Waals surface area (Å²) in [4.78, 5) is 0. The van der Waals surface area contributed by atoms with Gasteiger partial charge < -0.3 is 10.6 Å². The highest BCUT2D eigenvalue weighted by atomic mass is 19.2. The van der Waals surface area contributed by atoms with Gasteiger partial charge in [-0.1, -0.05) is 6.07 Å². The highest BCUT2D eigenvalue weighted by molar-refractivity contribution is 5.75. The smallest absolute Gasteiger partial charge is 0.169 e. The van der Waals surface area contributed by atoms with Gasteiger partial charge in [0.2, 0.25) is 0 Å². The predicted octanol–water partition coefficient (Wildman–Crippen LogP) is 2.26. The molecule has 6 heteroatoms. The quantitative estimate of drug-likeness (QED) is 0.823. The molecule has 0 saturated carbocycles. The van der Waals surface area contributed by atoms with Gasteiger partial charge in [-0.05, 0) is 25.7 Å². The molecule has 0 unspecified atom stereocenters. The van der Waals surface area contributed by atoms with Crippen LogP contribution in [0, 0.1) is 11.6 Å². The molecule has 1 aromatic carbocycles. The van der Waals surface area contributed by atoms with Crippen LogP contribution in [0.5, 0.6) is 0 Å². The summed E-state index contributed by atoms with van der Waals surface area (Å²) in [6.07, 6.45) is 0. The van der Waals surface area contributed by atoms with E-state index in [0.29, 0.717) is 0 Å². The third-order valence-electron chi connectivity index (χ3n) is 3.40. The Kier molecular flexibility index (Phi) is 3.64. The third kappa shape index (κ3) is 1.86. The number of hydrogen-bond acceptors (Lipinski definition) is 2. The van der Waals surface area contributed by atoms with Crippen LogP contribution in [0.15, 0.2) is 18.0 Å². The summed E-state index contributed by atoms with van der Waals surface area (Å²) in [6, 6.07) is 2.12. The molecule has 1 aliphatic rings. The average Bonchev–Trinajstić information content (AvgIpc) is 2.58. The normalized spacial score (nSPS) is 16.9. The molecule has 19 heavy (non-hydrogen) atoms. The maximum Gasteiger partial charge on any atom is 0.169 e. The molecule has 0 aromatic heterocycles. The Morgan fingerprint density at radius 2 is 1.58 bits per heavy atom. The zero-order valence-corrected chi connectivity index (χ0v) is 10.6. The number of benzene rings is 1. The molecule has 0 amide bonds. The third-order valence-corrected chi connectivity index (χ3v) is 3.40. The first-order valence-corrected chi connectivity index (χ1v) is 5.83. The Bertz CT molecular complexity index is 534. The van der Waals surface area contributed by atoms with Crippen LogP contribution < -0.4 is 10.6 Å². The van der Waals surface area contributed by atoms with Crippen molar-refractivity contribution in [2.75, 3.05) is 27.2 Å². The van der Waals surface area contributed by atoms with Gasteiger partial charge in [0.25, 0.3) is 0 Å². The number of nitrogens with one attached hydrogen (secondary N) is 2. The van der Waals surface area contributed by atoms with E-state index >= 15 is 0 Å². The molecule has 104 valence electrons. The monoisotopic (exact) mass is 274 g/mol. The summed E-state index contributed by atoms with van der Waals surface area (Å²) < 4.78 is 55.1. The molecule has 1 aliphatic carbocycles. The minimum atomic E-state index is -1.35. The van der Waals surface area contributed by atoms with Gasteiger partial charge in [-0.25, -0.2) is 17.6 Å². The lowest BCUT2D eigenvalue weighted by molar-refractivity contribution is 0.377. The van der Waals surface area contributed by atoms with Crippen LogP contribution in [0.1, 0.15) is 11.1 Å². The van der Waals surface area contributed by atoms with Gasteiger partial charge in [0, 0.05) is 13.1 Å². The van der Waals surface area contributed by atoms with Crippen molar-refractivity contribution in [1.29, 1.82) is 0 Å². The highest BCUT2D eigenvalue weighted by Gasteiger charge is 2.47. The average molecular weight is 274 g/mol. The summed E-state index contributed by atoms with van der Waals surface area (Å²) >= 11 is 0. The van der Waals surface area contributed by atoms with Gasteiger partial charge in [-0.2, -0.15) is 0 Å². The minimum absolute atomic E-state index is 0.0746. The molecule has 0 atom stereocenters. The molecule has 0 heterocycles.